The van der Waals surface area contributed by atoms with Crippen molar-refractivity contribution in [3.05, 3.63) is 243 Å². The fourth-order valence-electron chi connectivity index (χ4n) is 7.44. The summed E-state index contributed by atoms with van der Waals surface area (Å²) in [4.78, 5) is 0. The molecule has 0 amide bonds. The minimum absolute atomic E-state index is 0.346. The molecule has 8 aromatic rings. The molecule has 0 aliphatic rings. The van der Waals surface area contributed by atoms with Crippen LogP contribution < -0.4 is 42.4 Å². The van der Waals surface area contributed by atoms with E-state index in [1.54, 1.807) is 0 Å². The molecule has 0 nitrogen and oxygen atoms in total. The Kier molecular flexibility index (Phi) is 20.0. The van der Waals surface area contributed by atoms with Gasteiger partial charge in [0.1, 0.15) is 24.6 Å². The minimum Gasteiger partial charge on any atom is -0.0620 e. The Labute approximate surface area is 373 Å². The van der Waals surface area contributed by atoms with Crippen molar-refractivity contribution in [2.45, 2.75) is 0 Å². The maximum absolute atomic E-state index is 4.85. The van der Waals surface area contributed by atoms with Gasteiger partial charge >= 0.3 is 34.5 Å². The summed E-state index contributed by atoms with van der Waals surface area (Å²) in [5.41, 5.74) is 0. The fourth-order valence-corrected chi connectivity index (χ4v) is 19.8. The zero-order valence-electron chi connectivity index (χ0n) is 33.0. The molecular formula is C52H52Cl2P4Ru+4. The van der Waals surface area contributed by atoms with Crippen LogP contribution in [0.25, 0.3) is 0 Å². The van der Waals surface area contributed by atoms with Crippen molar-refractivity contribution in [2.75, 3.05) is 24.6 Å². The molecule has 0 aliphatic carbocycles. The van der Waals surface area contributed by atoms with E-state index >= 15 is 0 Å². The van der Waals surface area contributed by atoms with Gasteiger partial charge < -0.3 is 0 Å². The van der Waals surface area contributed by atoms with E-state index in [1.807, 2.05) is 0 Å². The van der Waals surface area contributed by atoms with Crippen molar-refractivity contribution in [3.8, 4) is 0 Å². The van der Waals surface area contributed by atoms with Gasteiger partial charge in [0.25, 0.3) is 0 Å². The number of halogens is 2. The second kappa shape index (κ2) is 26.1. The van der Waals surface area contributed by atoms with Crippen molar-refractivity contribution in [2.24, 2.45) is 0 Å². The molecular weight excluding hydrogens is 920 g/mol. The monoisotopic (exact) mass is 972 g/mol. The molecule has 0 atom stereocenters. The van der Waals surface area contributed by atoms with Gasteiger partial charge in [0, 0.05) is 0 Å². The summed E-state index contributed by atoms with van der Waals surface area (Å²) in [6.07, 6.45) is 5.04. The third kappa shape index (κ3) is 14.4. The Bertz CT molecular complexity index is 1790. The average molecular weight is 973 g/mol. The molecule has 59 heavy (non-hydrogen) atoms. The van der Waals surface area contributed by atoms with Crippen molar-refractivity contribution in [3.63, 3.8) is 0 Å². The first-order valence-electron chi connectivity index (χ1n) is 20.0. The van der Waals surface area contributed by atoms with E-state index in [0.717, 1.165) is 0 Å². The second-order valence-electron chi connectivity index (χ2n) is 13.9. The van der Waals surface area contributed by atoms with Crippen molar-refractivity contribution in [1.29, 1.82) is 0 Å². The molecule has 0 saturated heterocycles. The largest absolute Gasteiger partial charge is 0.101 e. The first kappa shape index (κ1) is 45.2. The number of rotatable bonds is 14. The van der Waals surface area contributed by atoms with Gasteiger partial charge in [0.15, 0.2) is 0 Å². The fraction of sp³-hybridized carbons (Fsp3) is 0.0769. The van der Waals surface area contributed by atoms with Crippen LogP contribution in [-0.2, 0) is 15.1 Å². The molecule has 0 fully saturated rings. The summed E-state index contributed by atoms with van der Waals surface area (Å²) >= 11 is -0.346. The summed E-state index contributed by atoms with van der Waals surface area (Å²) in [5, 5.41) is 12.1. The smallest absolute Gasteiger partial charge is 0.0620 e. The van der Waals surface area contributed by atoms with E-state index in [2.05, 4.69) is 243 Å². The van der Waals surface area contributed by atoms with Gasteiger partial charge in [-0.25, -0.2) is 0 Å². The van der Waals surface area contributed by atoms with Crippen LogP contribution in [0.3, 0.4) is 0 Å². The molecule has 0 N–H and O–H groups in total. The Balaban J connectivity index is 0.000000186. The van der Waals surface area contributed by atoms with Crippen LogP contribution in [0, 0.1) is 0 Å². The molecule has 0 saturated carbocycles. The Hall–Kier alpha value is -3.32. The molecule has 298 valence electrons. The first-order valence-corrected chi connectivity index (χ1v) is 31.3. The molecule has 0 aromatic heterocycles. The molecule has 0 radical (unpaired) electrons. The first-order chi connectivity index (χ1) is 29.2. The predicted octanol–water partition coefficient (Wildman–Crippen LogP) is 10.8. The van der Waals surface area contributed by atoms with Crippen LogP contribution >= 0.6 is 51.1 Å². The number of hydrogen-bond acceptors (Lipinski definition) is 0. The predicted molar refractivity (Wildman–Crippen MR) is 273 cm³/mol. The van der Waals surface area contributed by atoms with Crippen molar-refractivity contribution in [1.82, 2.24) is 0 Å². The van der Waals surface area contributed by atoms with Gasteiger partial charge in [-0.2, -0.15) is 0 Å². The van der Waals surface area contributed by atoms with Gasteiger partial charge in [-0.05, 0) is 97.1 Å². The van der Waals surface area contributed by atoms with E-state index < -0.39 is 31.7 Å². The second-order valence-corrected chi connectivity index (χ2v) is 27.0. The normalized spacial score (nSPS) is 10.9. The summed E-state index contributed by atoms with van der Waals surface area (Å²) in [6.45, 7) is 0. The van der Waals surface area contributed by atoms with Crippen molar-refractivity contribution >= 4 is 93.5 Å². The Morgan fingerprint density at radius 1 is 0.220 bits per heavy atom. The topological polar surface area (TPSA) is 0 Å². The summed E-state index contributed by atoms with van der Waals surface area (Å²) < 4.78 is 0. The average Bonchev–Trinajstić information content (AvgIpc) is 3.32. The van der Waals surface area contributed by atoms with Crippen molar-refractivity contribution < 1.29 is 15.1 Å². The van der Waals surface area contributed by atoms with E-state index in [0.29, 0.717) is 0 Å². The molecule has 0 bridgehead atoms. The van der Waals surface area contributed by atoms with Gasteiger partial charge in [-0.3, -0.25) is 0 Å². The van der Waals surface area contributed by atoms with E-state index in [-0.39, 0.29) is 15.1 Å². The third-order valence-corrected chi connectivity index (χ3v) is 22.5. The summed E-state index contributed by atoms with van der Waals surface area (Å²) in [7, 11) is 6.57. The van der Waals surface area contributed by atoms with Gasteiger partial charge in [-0.1, -0.05) is 146 Å². The van der Waals surface area contributed by atoms with Gasteiger partial charge in [-0.15, -0.1) is 0 Å². The maximum atomic E-state index is 4.85. The molecule has 8 aromatic carbocycles. The third-order valence-electron chi connectivity index (χ3n) is 10.2. The van der Waals surface area contributed by atoms with Crippen LogP contribution in [-0.4, -0.2) is 24.6 Å². The maximum Gasteiger partial charge on any atom is 0.101 e. The van der Waals surface area contributed by atoms with Crippen LogP contribution in [0.4, 0.5) is 0 Å². The van der Waals surface area contributed by atoms with Gasteiger partial charge in [0.2, 0.25) is 0 Å². The standard InChI is InChI=1S/2C26H24P2.2ClH.Ru/c2*1-5-13-23(14-6-1)27(24-15-7-2-8-16-24)21-22-28(25-17-9-3-10-18-25)26-19-11-4-12-20-26;;;/h2*1-20H,21-22H2;2*1H;/q;;;;+2/p+2. The van der Waals surface area contributed by atoms with Crippen LogP contribution in [0.15, 0.2) is 243 Å². The zero-order chi connectivity index (χ0) is 40.7. The molecule has 7 heteroatoms. The molecule has 0 spiro atoms. The number of benzene rings is 8. The minimum atomic E-state index is -0.783. The van der Waals surface area contributed by atoms with Gasteiger partial charge in [0.05, 0.1) is 74.1 Å². The van der Waals surface area contributed by atoms with Crippen LogP contribution in [0.1, 0.15) is 0 Å². The SMILES string of the molecule is [Cl][Ru][Cl].c1ccc([PH+](CC[PH+](c2ccccc2)c2ccccc2)c2ccccc2)cc1.c1ccc([PH+](CC[PH+](c2ccccc2)c2ccccc2)c2ccccc2)cc1. The Morgan fingerprint density at radius 3 is 0.424 bits per heavy atom. The Morgan fingerprint density at radius 2 is 0.322 bits per heavy atom. The van der Waals surface area contributed by atoms with Crippen LogP contribution in [0.2, 0.25) is 0 Å². The molecule has 0 unspecified atom stereocenters. The van der Waals surface area contributed by atoms with E-state index in [1.165, 1.54) is 67.1 Å². The summed E-state index contributed by atoms with van der Waals surface area (Å²) in [6, 6.07) is 89.0. The zero-order valence-corrected chi connectivity index (χ0v) is 40.3. The van der Waals surface area contributed by atoms with Crippen LogP contribution in [0.5, 0.6) is 0 Å². The number of hydrogen-bond donors (Lipinski definition) is 0. The quantitative estimate of drug-likeness (QED) is 0.0753. The van der Waals surface area contributed by atoms with E-state index in [9.17, 15) is 0 Å². The summed E-state index contributed by atoms with van der Waals surface area (Å²) in [5.74, 6) is 0. The molecule has 8 rings (SSSR count). The molecule has 0 aliphatic heterocycles. The van der Waals surface area contributed by atoms with E-state index in [4.69, 9.17) is 19.4 Å². The molecule has 0 heterocycles.